The molecule has 1 aromatic rings. The lowest BCUT2D eigenvalue weighted by molar-refractivity contribution is -0.386. The molecule has 7 nitrogen and oxygen atoms in total. The zero-order valence-electron chi connectivity index (χ0n) is 12.1. The molecule has 114 valence electrons. The molecule has 2 heterocycles. The summed E-state index contributed by atoms with van der Waals surface area (Å²) in [4.78, 5) is 10.8. The van der Waals surface area contributed by atoms with Crippen LogP contribution in [-0.2, 0) is 9.09 Å². The summed E-state index contributed by atoms with van der Waals surface area (Å²) in [6.45, 7) is 6.58. The number of benzene rings is 1. The highest BCUT2D eigenvalue weighted by Gasteiger charge is 2.50. The molecule has 0 saturated carbocycles. The van der Waals surface area contributed by atoms with E-state index < -0.39 is 18.7 Å². The first-order valence-corrected chi connectivity index (χ1v) is 8.49. The van der Waals surface area contributed by atoms with E-state index in [1.54, 1.807) is 22.3 Å². The third kappa shape index (κ3) is 2.74. The van der Waals surface area contributed by atoms with E-state index in [-0.39, 0.29) is 5.69 Å². The Hall–Kier alpha value is -1.27. The number of nitro benzene ring substituents is 1. The van der Waals surface area contributed by atoms with Gasteiger partial charge in [0, 0.05) is 32.2 Å². The molecule has 1 atom stereocenters. The predicted molar refractivity (Wildman–Crippen MR) is 78.1 cm³/mol. The third-order valence-corrected chi connectivity index (χ3v) is 6.58. The highest BCUT2D eigenvalue weighted by Crippen LogP contribution is 2.63. The molecule has 0 bridgehead atoms. The standard InChI is InChI=1S/C13H18N3O4P/c1-10-4-3-5-12(16(17)18)13(10)11(2)20-21(19,14-6-7-14)15-8-9-15/h3-5,11H,6-9H2,1-2H3. The number of nitro groups is 1. The van der Waals surface area contributed by atoms with E-state index in [1.807, 2.05) is 13.0 Å². The van der Waals surface area contributed by atoms with Gasteiger partial charge >= 0.3 is 7.67 Å². The average molecular weight is 311 g/mol. The largest absolute Gasteiger partial charge is 0.346 e. The first-order valence-electron chi connectivity index (χ1n) is 6.96. The third-order valence-electron chi connectivity index (χ3n) is 3.76. The monoisotopic (exact) mass is 311 g/mol. The Balaban J connectivity index is 1.90. The fraction of sp³-hybridized carbons (Fsp3) is 0.538. The summed E-state index contributed by atoms with van der Waals surface area (Å²) in [6, 6.07) is 4.92. The van der Waals surface area contributed by atoms with Crippen LogP contribution < -0.4 is 0 Å². The summed E-state index contributed by atoms with van der Waals surface area (Å²) >= 11 is 0. The van der Waals surface area contributed by atoms with Crippen molar-refractivity contribution >= 4 is 13.4 Å². The van der Waals surface area contributed by atoms with Crippen LogP contribution in [0.4, 0.5) is 5.69 Å². The van der Waals surface area contributed by atoms with Crippen LogP contribution in [0, 0.1) is 17.0 Å². The second-order valence-corrected chi connectivity index (χ2v) is 7.73. The van der Waals surface area contributed by atoms with Crippen LogP contribution in [0.2, 0.25) is 0 Å². The second kappa shape index (κ2) is 5.18. The van der Waals surface area contributed by atoms with Gasteiger partial charge in [-0.25, -0.2) is 9.34 Å². The molecule has 2 aliphatic rings. The van der Waals surface area contributed by atoms with E-state index >= 15 is 0 Å². The molecule has 2 fully saturated rings. The van der Waals surface area contributed by atoms with Crippen molar-refractivity contribution in [3.63, 3.8) is 0 Å². The molecule has 0 spiro atoms. The fourth-order valence-electron chi connectivity index (χ4n) is 2.52. The van der Waals surface area contributed by atoms with Gasteiger partial charge in [0.15, 0.2) is 0 Å². The van der Waals surface area contributed by atoms with Crippen LogP contribution in [0.5, 0.6) is 0 Å². The van der Waals surface area contributed by atoms with Gasteiger partial charge in [0.25, 0.3) is 5.69 Å². The molecule has 1 unspecified atom stereocenters. The van der Waals surface area contributed by atoms with Crippen molar-refractivity contribution in [1.82, 2.24) is 9.34 Å². The smallest absolute Gasteiger partial charge is 0.298 e. The van der Waals surface area contributed by atoms with Crippen molar-refractivity contribution < 1.29 is 14.0 Å². The van der Waals surface area contributed by atoms with Crippen molar-refractivity contribution in [2.75, 3.05) is 26.2 Å². The van der Waals surface area contributed by atoms with Crippen molar-refractivity contribution in [2.45, 2.75) is 20.0 Å². The number of rotatable bonds is 6. The molecule has 0 radical (unpaired) electrons. The minimum atomic E-state index is -2.99. The normalized spacial score (nSPS) is 20.3. The van der Waals surface area contributed by atoms with Gasteiger partial charge in [-0.15, -0.1) is 0 Å². The predicted octanol–water partition coefficient (Wildman–Crippen LogP) is 2.72. The molecule has 0 aliphatic carbocycles. The Kier molecular flexibility index (Phi) is 3.61. The number of hydrogen-bond acceptors (Lipinski definition) is 4. The van der Waals surface area contributed by atoms with Gasteiger partial charge in [0.1, 0.15) is 0 Å². The van der Waals surface area contributed by atoms with Gasteiger partial charge in [-0.05, 0) is 19.4 Å². The maximum absolute atomic E-state index is 13.0. The Labute approximate surface area is 123 Å². The Morgan fingerprint density at radius 1 is 1.29 bits per heavy atom. The first kappa shape index (κ1) is 14.7. The van der Waals surface area contributed by atoms with Gasteiger partial charge < -0.3 is 0 Å². The van der Waals surface area contributed by atoms with E-state index in [4.69, 9.17) is 4.52 Å². The minimum Gasteiger partial charge on any atom is -0.298 e. The molecule has 2 saturated heterocycles. The molecule has 3 rings (SSSR count). The summed E-state index contributed by atoms with van der Waals surface area (Å²) < 4.78 is 22.4. The molecule has 0 aromatic heterocycles. The molecule has 0 amide bonds. The second-order valence-electron chi connectivity index (χ2n) is 5.41. The van der Waals surface area contributed by atoms with Gasteiger partial charge in [-0.2, -0.15) is 0 Å². The maximum Gasteiger partial charge on any atom is 0.346 e. The van der Waals surface area contributed by atoms with Crippen molar-refractivity contribution in [3.05, 3.63) is 39.4 Å². The zero-order valence-corrected chi connectivity index (χ0v) is 13.0. The molecule has 21 heavy (non-hydrogen) atoms. The van der Waals surface area contributed by atoms with Crippen molar-refractivity contribution in [1.29, 1.82) is 0 Å². The van der Waals surface area contributed by atoms with E-state index in [0.29, 0.717) is 5.56 Å². The fourth-order valence-corrected chi connectivity index (χ4v) is 4.85. The maximum atomic E-state index is 13.0. The molecule has 0 N–H and O–H groups in total. The summed E-state index contributed by atoms with van der Waals surface area (Å²) in [6.07, 6.45) is -0.585. The Morgan fingerprint density at radius 3 is 2.33 bits per heavy atom. The number of aryl methyl sites for hydroxylation is 1. The van der Waals surface area contributed by atoms with Gasteiger partial charge in [0.05, 0.1) is 16.6 Å². The molecule has 8 heteroatoms. The van der Waals surface area contributed by atoms with E-state index in [0.717, 1.165) is 31.7 Å². The number of nitrogens with zero attached hydrogens (tertiary/aromatic N) is 3. The summed E-state index contributed by atoms with van der Waals surface area (Å²) in [5, 5.41) is 11.2. The summed E-state index contributed by atoms with van der Waals surface area (Å²) in [7, 11) is -2.99. The van der Waals surface area contributed by atoms with E-state index in [1.165, 1.54) is 6.07 Å². The summed E-state index contributed by atoms with van der Waals surface area (Å²) in [5.74, 6) is 0. The van der Waals surface area contributed by atoms with Crippen LogP contribution in [-0.4, -0.2) is 40.4 Å². The molecular weight excluding hydrogens is 293 g/mol. The minimum absolute atomic E-state index is 0.0191. The lowest BCUT2D eigenvalue weighted by atomic mass is 10.0. The van der Waals surface area contributed by atoms with Gasteiger partial charge in [0.2, 0.25) is 0 Å². The van der Waals surface area contributed by atoms with Crippen molar-refractivity contribution in [2.24, 2.45) is 0 Å². The average Bonchev–Trinajstić information content (AvgIpc) is 3.30. The van der Waals surface area contributed by atoms with E-state index in [9.17, 15) is 14.7 Å². The topological polar surface area (TPSA) is 75.5 Å². The SMILES string of the molecule is Cc1cccc([N+](=O)[O-])c1C(C)OP(=O)(N1CC1)N1CC1. The molecular formula is C13H18N3O4P. The summed E-state index contributed by atoms with van der Waals surface area (Å²) in [5.41, 5.74) is 1.30. The lowest BCUT2D eigenvalue weighted by Gasteiger charge is -2.24. The van der Waals surface area contributed by atoms with Gasteiger partial charge in [-0.1, -0.05) is 12.1 Å². The van der Waals surface area contributed by atoms with Crippen LogP contribution in [0.15, 0.2) is 18.2 Å². The molecule has 2 aliphatic heterocycles. The highest BCUT2D eigenvalue weighted by atomic mass is 31.2. The van der Waals surface area contributed by atoms with Crippen molar-refractivity contribution in [3.8, 4) is 0 Å². The Bertz CT molecular complexity index is 612. The van der Waals surface area contributed by atoms with Crippen LogP contribution in [0.25, 0.3) is 0 Å². The lowest BCUT2D eigenvalue weighted by Crippen LogP contribution is -2.12. The molecule has 1 aromatic carbocycles. The first-order chi connectivity index (χ1) is 9.93. The number of hydrogen-bond donors (Lipinski definition) is 0. The van der Waals surface area contributed by atoms with Crippen LogP contribution in [0.1, 0.15) is 24.2 Å². The Morgan fingerprint density at radius 2 is 1.86 bits per heavy atom. The van der Waals surface area contributed by atoms with E-state index in [2.05, 4.69) is 0 Å². The van der Waals surface area contributed by atoms with Crippen LogP contribution >= 0.6 is 7.67 Å². The highest BCUT2D eigenvalue weighted by molar-refractivity contribution is 7.54. The van der Waals surface area contributed by atoms with Gasteiger partial charge in [-0.3, -0.25) is 19.2 Å². The van der Waals surface area contributed by atoms with Crippen LogP contribution in [0.3, 0.4) is 0 Å². The quantitative estimate of drug-likeness (QED) is 0.348. The zero-order chi connectivity index (χ0) is 15.2.